The molecule has 31 heavy (non-hydrogen) atoms. The molecular formula is C24H21FN2O3S. The average molecular weight is 437 g/mol. The number of thioether (sulfide) groups is 1. The van der Waals surface area contributed by atoms with Gasteiger partial charge < -0.3 is 15.4 Å². The van der Waals surface area contributed by atoms with E-state index in [9.17, 15) is 14.0 Å². The highest BCUT2D eigenvalue weighted by Gasteiger charge is 2.29. The molecule has 2 unspecified atom stereocenters. The molecular weight excluding hydrogens is 415 g/mol. The van der Waals surface area contributed by atoms with Crippen LogP contribution in [0, 0.1) is 5.82 Å². The maximum atomic E-state index is 13.4. The average Bonchev–Trinajstić information content (AvgIpc) is 2.79. The summed E-state index contributed by atoms with van der Waals surface area (Å²) in [6.45, 7) is 0. The number of nitrogens with one attached hydrogen (secondary N) is 2. The summed E-state index contributed by atoms with van der Waals surface area (Å²) in [5, 5.41) is 5.33. The molecule has 0 saturated heterocycles. The third-order valence-electron chi connectivity index (χ3n) is 5.04. The molecule has 1 heterocycles. The fraction of sp³-hybridized carbons (Fsp3) is 0.167. The standard InChI is InChI=1S/C24H21FN2O3S/c1-30-18-12-8-16(9-13-18)23(15-6-10-17(25)11-7-15)27-22(28)14-21-24(29)26-19-4-2-3-5-20(19)31-21/h2-13,21,23H,14H2,1H3,(H,26,29)(H,27,28). The van der Waals surface area contributed by atoms with Gasteiger partial charge in [-0.2, -0.15) is 0 Å². The van der Waals surface area contributed by atoms with Gasteiger partial charge in [0.25, 0.3) is 0 Å². The van der Waals surface area contributed by atoms with E-state index in [4.69, 9.17) is 4.74 Å². The zero-order chi connectivity index (χ0) is 21.8. The molecule has 7 heteroatoms. The van der Waals surface area contributed by atoms with Crippen LogP contribution >= 0.6 is 11.8 Å². The monoisotopic (exact) mass is 436 g/mol. The minimum absolute atomic E-state index is 0.0265. The van der Waals surface area contributed by atoms with Gasteiger partial charge in [-0.15, -0.1) is 11.8 Å². The quantitative estimate of drug-likeness (QED) is 0.595. The number of methoxy groups -OCH3 is 1. The lowest BCUT2D eigenvalue weighted by atomic mass is 9.98. The number of ether oxygens (including phenoxy) is 1. The van der Waals surface area contributed by atoms with Gasteiger partial charge >= 0.3 is 0 Å². The fourth-order valence-electron chi connectivity index (χ4n) is 3.43. The number of benzene rings is 3. The lowest BCUT2D eigenvalue weighted by molar-refractivity contribution is -0.124. The summed E-state index contributed by atoms with van der Waals surface area (Å²) >= 11 is 1.38. The Labute approximate surface area is 184 Å². The van der Waals surface area contributed by atoms with Gasteiger partial charge in [-0.1, -0.05) is 36.4 Å². The number of amides is 2. The molecule has 0 bridgehead atoms. The molecule has 4 rings (SSSR count). The van der Waals surface area contributed by atoms with E-state index in [2.05, 4.69) is 10.6 Å². The molecule has 0 spiro atoms. The largest absolute Gasteiger partial charge is 0.497 e. The highest BCUT2D eigenvalue weighted by Crippen LogP contribution is 2.36. The maximum Gasteiger partial charge on any atom is 0.238 e. The van der Waals surface area contributed by atoms with Crippen molar-refractivity contribution in [1.29, 1.82) is 0 Å². The van der Waals surface area contributed by atoms with Crippen molar-refractivity contribution >= 4 is 29.3 Å². The lowest BCUT2D eigenvalue weighted by Gasteiger charge is -2.25. The van der Waals surface area contributed by atoms with Gasteiger partial charge in [0.05, 0.1) is 24.1 Å². The second kappa shape index (κ2) is 9.22. The Bertz CT molecular complexity index is 1090. The van der Waals surface area contributed by atoms with Crippen LogP contribution in [-0.4, -0.2) is 24.2 Å². The normalized spacial score (nSPS) is 16.1. The van der Waals surface area contributed by atoms with E-state index in [1.165, 1.54) is 23.9 Å². The molecule has 3 aromatic carbocycles. The number of hydrogen-bond acceptors (Lipinski definition) is 4. The van der Waals surface area contributed by atoms with E-state index in [0.717, 1.165) is 21.7 Å². The van der Waals surface area contributed by atoms with E-state index in [0.29, 0.717) is 5.75 Å². The van der Waals surface area contributed by atoms with Gasteiger partial charge in [-0.05, 0) is 47.5 Å². The highest BCUT2D eigenvalue weighted by molar-refractivity contribution is 8.01. The number of para-hydroxylation sites is 1. The number of carbonyl (C=O) groups is 2. The first-order valence-corrected chi connectivity index (χ1v) is 10.7. The number of halogens is 1. The first-order chi connectivity index (χ1) is 15.0. The highest BCUT2D eigenvalue weighted by atomic mass is 32.2. The topological polar surface area (TPSA) is 67.4 Å². The SMILES string of the molecule is COc1ccc(C(NC(=O)CC2Sc3ccccc3NC2=O)c2ccc(F)cc2)cc1. The molecule has 0 aliphatic carbocycles. The number of anilines is 1. The van der Waals surface area contributed by atoms with Gasteiger partial charge in [-0.3, -0.25) is 9.59 Å². The zero-order valence-electron chi connectivity index (χ0n) is 16.8. The summed E-state index contributed by atoms with van der Waals surface area (Å²) < 4.78 is 18.6. The van der Waals surface area contributed by atoms with Gasteiger partial charge in [-0.25, -0.2) is 4.39 Å². The van der Waals surface area contributed by atoms with Crippen LogP contribution < -0.4 is 15.4 Å². The minimum atomic E-state index is -0.528. The van der Waals surface area contributed by atoms with Crippen LogP contribution in [0.4, 0.5) is 10.1 Å². The van der Waals surface area contributed by atoms with Crippen LogP contribution in [0.15, 0.2) is 77.7 Å². The van der Waals surface area contributed by atoms with Crippen molar-refractivity contribution in [2.75, 3.05) is 12.4 Å². The molecule has 1 aliphatic heterocycles. The van der Waals surface area contributed by atoms with Crippen LogP contribution in [0.3, 0.4) is 0 Å². The Morgan fingerprint density at radius 2 is 1.71 bits per heavy atom. The summed E-state index contributed by atoms with van der Waals surface area (Å²) in [6.07, 6.45) is 0.0265. The number of carbonyl (C=O) groups excluding carboxylic acids is 2. The molecule has 158 valence electrons. The number of rotatable bonds is 6. The molecule has 1 aliphatic rings. The molecule has 2 atom stereocenters. The van der Waals surface area contributed by atoms with Crippen LogP contribution in [-0.2, 0) is 9.59 Å². The minimum Gasteiger partial charge on any atom is -0.497 e. The molecule has 5 nitrogen and oxygen atoms in total. The van der Waals surface area contributed by atoms with Crippen molar-refractivity contribution in [3.8, 4) is 5.75 Å². The van der Waals surface area contributed by atoms with Gasteiger partial charge in [0.1, 0.15) is 11.6 Å². The third kappa shape index (κ3) is 4.88. The summed E-state index contributed by atoms with van der Waals surface area (Å²) in [7, 11) is 1.58. The van der Waals surface area contributed by atoms with E-state index < -0.39 is 11.3 Å². The van der Waals surface area contributed by atoms with Crippen molar-refractivity contribution in [2.24, 2.45) is 0 Å². The molecule has 0 fully saturated rings. The molecule has 3 aromatic rings. The smallest absolute Gasteiger partial charge is 0.238 e. The maximum absolute atomic E-state index is 13.4. The fourth-order valence-corrected chi connectivity index (χ4v) is 4.54. The van der Waals surface area contributed by atoms with E-state index in [-0.39, 0.29) is 24.1 Å². The second-order valence-corrected chi connectivity index (χ2v) is 8.37. The van der Waals surface area contributed by atoms with E-state index in [1.54, 1.807) is 31.4 Å². The summed E-state index contributed by atoms with van der Waals surface area (Å²) in [6, 6.07) is 20.3. The van der Waals surface area contributed by atoms with Gasteiger partial charge in [0.2, 0.25) is 11.8 Å². The Hall–Kier alpha value is -3.32. The van der Waals surface area contributed by atoms with Crippen molar-refractivity contribution in [3.63, 3.8) is 0 Å². The Kier molecular flexibility index (Phi) is 6.23. The summed E-state index contributed by atoms with van der Waals surface area (Å²) in [5.41, 5.74) is 2.33. The summed E-state index contributed by atoms with van der Waals surface area (Å²) in [5.74, 6) is -0.113. The first kappa shape index (κ1) is 20.9. The van der Waals surface area contributed by atoms with Crippen molar-refractivity contribution < 1.29 is 18.7 Å². The number of hydrogen-bond donors (Lipinski definition) is 2. The van der Waals surface area contributed by atoms with Crippen molar-refractivity contribution in [3.05, 3.63) is 89.7 Å². The Morgan fingerprint density at radius 1 is 1.06 bits per heavy atom. The Morgan fingerprint density at radius 3 is 2.39 bits per heavy atom. The molecule has 0 aromatic heterocycles. The van der Waals surface area contributed by atoms with Crippen LogP contribution in [0.5, 0.6) is 5.75 Å². The van der Waals surface area contributed by atoms with E-state index >= 15 is 0 Å². The first-order valence-electron chi connectivity index (χ1n) is 9.79. The predicted molar refractivity (Wildman–Crippen MR) is 119 cm³/mol. The third-order valence-corrected chi connectivity index (χ3v) is 6.31. The van der Waals surface area contributed by atoms with Crippen LogP contribution in [0.2, 0.25) is 0 Å². The van der Waals surface area contributed by atoms with Gasteiger partial charge in [0.15, 0.2) is 0 Å². The number of fused-ring (bicyclic) bond motifs is 1. The Balaban J connectivity index is 1.53. The zero-order valence-corrected chi connectivity index (χ0v) is 17.6. The van der Waals surface area contributed by atoms with E-state index in [1.807, 2.05) is 36.4 Å². The summed E-state index contributed by atoms with van der Waals surface area (Å²) in [4.78, 5) is 26.3. The van der Waals surface area contributed by atoms with Crippen LogP contribution in [0.1, 0.15) is 23.6 Å². The molecule has 0 saturated carbocycles. The molecule has 2 amide bonds. The predicted octanol–water partition coefficient (Wildman–Crippen LogP) is 4.54. The lowest BCUT2D eigenvalue weighted by Crippen LogP contribution is -2.36. The van der Waals surface area contributed by atoms with Crippen molar-refractivity contribution in [2.45, 2.75) is 22.6 Å². The molecule has 2 N–H and O–H groups in total. The second-order valence-electron chi connectivity index (χ2n) is 7.12. The van der Waals surface area contributed by atoms with Crippen LogP contribution in [0.25, 0.3) is 0 Å². The molecule has 0 radical (unpaired) electrons. The van der Waals surface area contributed by atoms with Gasteiger partial charge in [0, 0.05) is 11.3 Å². The van der Waals surface area contributed by atoms with Crippen molar-refractivity contribution in [1.82, 2.24) is 5.32 Å².